The average Bonchev–Trinajstić information content (AvgIpc) is 2.67. The molecule has 2 aromatic carbocycles. The number of nitrogens with zero attached hydrogens (tertiary/aromatic N) is 2. The van der Waals surface area contributed by atoms with Crippen molar-refractivity contribution in [2.45, 2.75) is 45.3 Å². The van der Waals surface area contributed by atoms with E-state index in [0.717, 1.165) is 27.8 Å². The van der Waals surface area contributed by atoms with E-state index in [1.165, 1.54) is 4.90 Å². The van der Waals surface area contributed by atoms with Gasteiger partial charge in [0.25, 0.3) is 0 Å². The van der Waals surface area contributed by atoms with Crippen LogP contribution in [0.1, 0.15) is 27.8 Å². The Labute approximate surface area is 174 Å². The highest BCUT2D eigenvalue weighted by Crippen LogP contribution is 2.27. The maximum atomic E-state index is 13.4. The molecule has 1 heterocycles. The van der Waals surface area contributed by atoms with Crippen LogP contribution in [0, 0.1) is 13.8 Å². The first-order valence-electron chi connectivity index (χ1n) is 9.65. The van der Waals surface area contributed by atoms with Gasteiger partial charge in [-0.3, -0.25) is 4.79 Å². The van der Waals surface area contributed by atoms with Crippen LogP contribution in [0.2, 0.25) is 0 Å². The van der Waals surface area contributed by atoms with Gasteiger partial charge in [0.1, 0.15) is 17.8 Å². The lowest BCUT2D eigenvalue weighted by atomic mass is 9.91. The maximum absolute atomic E-state index is 13.4. The number of fused-ring (bicyclic) bond motifs is 1. The summed E-state index contributed by atoms with van der Waals surface area (Å²) in [6.07, 6.45) is 0.419. The van der Waals surface area contributed by atoms with Crippen LogP contribution in [0.5, 0.6) is 5.75 Å². The molecule has 3 rings (SSSR count). The zero-order valence-corrected chi connectivity index (χ0v) is 17.0. The fourth-order valence-electron chi connectivity index (χ4n) is 4.02. The summed E-state index contributed by atoms with van der Waals surface area (Å²) in [4.78, 5) is 30.8. The monoisotopic (exact) mass is 410 g/mol. The molecule has 6 N–H and O–H groups in total. The highest BCUT2D eigenvalue weighted by Gasteiger charge is 2.37. The van der Waals surface area contributed by atoms with Gasteiger partial charge in [-0.2, -0.15) is 0 Å². The van der Waals surface area contributed by atoms with Crippen LogP contribution in [0.4, 0.5) is 0 Å². The standard InChI is InChI=1S/C22H26N4O4/c1-12-7-16(27)8-13(2)17(12)10-18(25-22(23)24)20(28)26-11-15-6-4-3-5-14(15)9-19(26)21(29)30/h3-8,18-19,27H,9-11H2,1-2H3,(H,29,30)(H4,23,24,25). The molecule has 8 nitrogen and oxygen atoms in total. The Morgan fingerprint density at radius 2 is 1.77 bits per heavy atom. The van der Waals surface area contributed by atoms with Crippen molar-refractivity contribution in [2.75, 3.05) is 0 Å². The minimum absolute atomic E-state index is 0.136. The summed E-state index contributed by atoms with van der Waals surface area (Å²) in [5.41, 5.74) is 15.4. The largest absolute Gasteiger partial charge is 0.508 e. The smallest absolute Gasteiger partial charge is 0.326 e. The number of hydrogen-bond acceptors (Lipinski definition) is 4. The second-order valence-electron chi connectivity index (χ2n) is 7.63. The van der Waals surface area contributed by atoms with Crippen LogP contribution in [0.3, 0.4) is 0 Å². The number of hydrogen-bond donors (Lipinski definition) is 4. The van der Waals surface area contributed by atoms with Crippen molar-refractivity contribution >= 4 is 17.8 Å². The van der Waals surface area contributed by atoms with Crippen LogP contribution >= 0.6 is 0 Å². The van der Waals surface area contributed by atoms with E-state index in [0.29, 0.717) is 0 Å². The molecule has 0 aliphatic carbocycles. The highest BCUT2D eigenvalue weighted by molar-refractivity contribution is 5.90. The second kappa shape index (κ2) is 8.44. The normalized spacial score (nSPS) is 16.5. The third-order valence-electron chi connectivity index (χ3n) is 5.48. The highest BCUT2D eigenvalue weighted by atomic mass is 16.4. The number of carbonyl (C=O) groups is 2. The van der Waals surface area contributed by atoms with Gasteiger partial charge in [0.05, 0.1) is 0 Å². The van der Waals surface area contributed by atoms with E-state index in [2.05, 4.69) is 4.99 Å². The van der Waals surface area contributed by atoms with E-state index in [4.69, 9.17) is 11.5 Å². The van der Waals surface area contributed by atoms with Crippen molar-refractivity contribution in [3.05, 3.63) is 64.2 Å². The number of amides is 1. The van der Waals surface area contributed by atoms with Crippen molar-refractivity contribution in [1.82, 2.24) is 4.90 Å². The predicted molar refractivity (Wildman–Crippen MR) is 113 cm³/mol. The van der Waals surface area contributed by atoms with Crippen LogP contribution in [0.25, 0.3) is 0 Å². The molecule has 1 aliphatic rings. The Morgan fingerprint density at radius 3 is 2.33 bits per heavy atom. The number of aromatic hydroxyl groups is 1. The third-order valence-corrected chi connectivity index (χ3v) is 5.48. The first kappa shape index (κ1) is 21.2. The number of carbonyl (C=O) groups excluding carboxylic acids is 1. The summed E-state index contributed by atoms with van der Waals surface area (Å²) in [6, 6.07) is 8.73. The lowest BCUT2D eigenvalue weighted by molar-refractivity contribution is -0.151. The summed E-state index contributed by atoms with van der Waals surface area (Å²) in [5, 5.41) is 19.5. The summed E-state index contributed by atoms with van der Waals surface area (Å²) < 4.78 is 0. The zero-order valence-electron chi connectivity index (χ0n) is 17.0. The number of phenols is 1. The van der Waals surface area contributed by atoms with Crippen LogP contribution < -0.4 is 11.5 Å². The SMILES string of the molecule is Cc1cc(O)cc(C)c1CC(N=C(N)N)C(=O)N1Cc2ccccc2CC1C(=O)O. The molecule has 0 spiro atoms. The van der Waals surface area contributed by atoms with Crippen LogP contribution in [-0.2, 0) is 29.0 Å². The Kier molecular flexibility index (Phi) is 5.96. The van der Waals surface area contributed by atoms with Crippen molar-refractivity contribution in [3.63, 3.8) is 0 Å². The molecule has 0 fully saturated rings. The Balaban J connectivity index is 1.97. The van der Waals surface area contributed by atoms with Crippen molar-refractivity contribution in [3.8, 4) is 5.75 Å². The van der Waals surface area contributed by atoms with Crippen molar-refractivity contribution < 1.29 is 19.8 Å². The molecule has 2 atom stereocenters. The molecule has 30 heavy (non-hydrogen) atoms. The Bertz CT molecular complexity index is 991. The number of carboxylic acid groups (broad SMARTS) is 1. The van der Waals surface area contributed by atoms with E-state index in [1.54, 1.807) is 12.1 Å². The van der Waals surface area contributed by atoms with Gasteiger partial charge >= 0.3 is 5.97 Å². The van der Waals surface area contributed by atoms with Gasteiger partial charge in [-0.05, 0) is 53.8 Å². The van der Waals surface area contributed by atoms with Gasteiger partial charge in [-0.15, -0.1) is 0 Å². The molecule has 1 aliphatic heterocycles. The fourth-order valence-corrected chi connectivity index (χ4v) is 4.02. The van der Waals surface area contributed by atoms with Gasteiger partial charge in [-0.1, -0.05) is 24.3 Å². The van der Waals surface area contributed by atoms with E-state index in [-0.39, 0.29) is 31.1 Å². The number of aliphatic imine (C=N–C) groups is 1. The molecule has 8 heteroatoms. The van der Waals surface area contributed by atoms with Gasteiger partial charge in [0, 0.05) is 19.4 Å². The van der Waals surface area contributed by atoms with Crippen LogP contribution in [-0.4, -0.2) is 45.0 Å². The molecule has 2 unspecified atom stereocenters. The number of benzene rings is 2. The molecule has 0 aromatic heterocycles. The molecule has 158 valence electrons. The third kappa shape index (κ3) is 4.37. The van der Waals surface area contributed by atoms with Crippen molar-refractivity contribution in [1.29, 1.82) is 0 Å². The molecule has 0 saturated heterocycles. The lowest BCUT2D eigenvalue weighted by Gasteiger charge is -2.36. The predicted octanol–water partition coefficient (Wildman–Crippen LogP) is 1.23. The fraction of sp³-hybridized carbons (Fsp3) is 0.318. The minimum Gasteiger partial charge on any atom is -0.508 e. The summed E-state index contributed by atoms with van der Waals surface area (Å²) >= 11 is 0. The lowest BCUT2D eigenvalue weighted by Crippen LogP contribution is -2.52. The molecule has 0 bridgehead atoms. The number of phenolic OH excluding ortho intramolecular Hbond substituents is 1. The topological polar surface area (TPSA) is 142 Å². The molecular weight excluding hydrogens is 384 g/mol. The molecule has 2 aromatic rings. The number of aryl methyl sites for hydroxylation is 2. The number of nitrogens with two attached hydrogens (primary N) is 2. The van der Waals surface area contributed by atoms with Gasteiger partial charge in [0.2, 0.25) is 5.91 Å². The maximum Gasteiger partial charge on any atom is 0.326 e. The van der Waals surface area contributed by atoms with E-state index >= 15 is 0 Å². The first-order chi connectivity index (χ1) is 14.2. The van der Waals surface area contributed by atoms with Crippen molar-refractivity contribution in [2.24, 2.45) is 16.5 Å². The van der Waals surface area contributed by atoms with Gasteiger partial charge in [-0.25, -0.2) is 9.79 Å². The Morgan fingerprint density at radius 1 is 1.17 bits per heavy atom. The molecule has 0 radical (unpaired) electrons. The molecule has 1 amide bonds. The summed E-state index contributed by atoms with van der Waals surface area (Å²) in [7, 11) is 0. The molecule has 0 saturated carbocycles. The number of carboxylic acids is 1. The number of guanidine groups is 1. The van der Waals surface area contributed by atoms with E-state index in [9.17, 15) is 19.8 Å². The summed E-state index contributed by atoms with van der Waals surface area (Å²) in [6.45, 7) is 3.84. The van der Waals surface area contributed by atoms with Crippen LogP contribution in [0.15, 0.2) is 41.4 Å². The second-order valence-corrected chi connectivity index (χ2v) is 7.63. The Hall–Kier alpha value is -3.55. The average molecular weight is 410 g/mol. The van der Waals surface area contributed by atoms with Gasteiger partial charge < -0.3 is 26.6 Å². The zero-order chi connectivity index (χ0) is 22.0. The number of aliphatic carboxylic acids is 1. The van der Waals surface area contributed by atoms with E-state index in [1.807, 2.05) is 38.1 Å². The first-order valence-corrected chi connectivity index (χ1v) is 9.65. The minimum atomic E-state index is -1.07. The number of rotatable bonds is 5. The quantitative estimate of drug-likeness (QED) is 0.431. The van der Waals surface area contributed by atoms with E-state index < -0.39 is 24.0 Å². The molecular formula is C22H26N4O4. The van der Waals surface area contributed by atoms with Gasteiger partial charge in [0.15, 0.2) is 5.96 Å². The summed E-state index contributed by atoms with van der Waals surface area (Å²) in [5.74, 6) is -1.63.